The van der Waals surface area contributed by atoms with E-state index in [1.54, 1.807) is 12.1 Å². The van der Waals surface area contributed by atoms with E-state index in [0.717, 1.165) is 44.1 Å². The first kappa shape index (κ1) is 16.0. The van der Waals surface area contributed by atoms with Gasteiger partial charge in [-0.05, 0) is 43.4 Å². The summed E-state index contributed by atoms with van der Waals surface area (Å²) < 4.78 is 13.0. The topological polar surface area (TPSA) is 58.2 Å². The van der Waals surface area contributed by atoms with Crippen molar-refractivity contribution in [2.24, 2.45) is 0 Å². The van der Waals surface area contributed by atoms with Crippen LogP contribution in [0.1, 0.15) is 50.5 Å². The monoisotopic (exact) mass is 318 g/mol. The van der Waals surface area contributed by atoms with Crippen LogP contribution in [0.5, 0.6) is 0 Å². The fourth-order valence-corrected chi connectivity index (χ4v) is 3.35. The number of amides is 2. The molecule has 2 aliphatic rings. The Kier molecular flexibility index (Phi) is 4.64. The van der Waals surface area contributed by atoms with Crippen molar-refractivity contribution in [3.05, 3.63) is 35.6 Å². The van der Waals surface area contributed by atoms with E-state index < -0.39 is 11.8 Å². The van der Waals surface area contributed by atoms with Gasteiger partial charge in [0.15, 0.2) is 0 Å². The second-order valence-corrected chi connectivity index (χ2v) is 6.78. The standard InChI is InChI=1S/C18H23FN2O2/c19-14-8-6-13(7-9-14)18(10-11-18)12-20-16(22)17(23)21-15-4-2-1-3-5-15/h6-9,15H,1-5,10-12H2,(H,20,22)(H,21,23). The van der Waals surface area contributed by atoms with Crippen LogP contribution in [-0.4, -0.2) is 24.4 Å². The minimum Gasteiger partial charge on any atom is -0.347 e. The molecular formula is C18H23FN2O2. The molecule has 1 aromatic rings. The van der Waals surface area contributed by atoms with Gasteiger partial charge in [-0.25, -0.2) is 4.39 Å². The molecule has 4 nitrogen and oxygen atoms in total. The predicted octanol–water partition coefficient (Wildman–Crippen LogP) is 2.42. The summed E-state index contributed by atoms with van der Waals surface area (Å²) in [5, 5.41) is 5.57. The Labute approximate surface area is 135 Å². The summed E-state index contributed by atoms with van der Waals surface area (Å²) in [6.07, 6.45) is 7.24. The third-order valence-corrected chi connectivity index (χ3v) is 5.04. The molecule has 0 spiro atoms. The summed E-state index contributed by atoms with van der Waals surface area (Å²) in [4.78, 5) is 24.0. The summed E-state index contributed by atoms with van der Waals surface area (Å²) >= 11 is 0. The molecule has 1 aromatic carbocycles. The summed E-state index contributed by atoms with van der Waals surface area (Å²) in [5.41, 5.74) is 0.890. The molecule has 0 saturated heterocycles. The molecule has 0 aliphatic heterocycles. The summed E-state index contributed by atoms with van der Waals surface area (Å²) in [6, 6.07) is 6.53. The maximum Gasteiger partial charge on any atom is 0.309 e. The molecule has 2 fully saturated rings. The van der Waals surface area contributed by atoms with E-state index in [2.05, 4.69) is 10.6 Å². The number of hydrogen-bond acceptors (Lipinski definition) is 2. The maximum atomic E-state index is 13.0. The van der Waals surface area contributed by atoms with Crippen LogP contribution in [-0.2, 0) is 15.0 Å². The molecule has 2 N–H and O–H groups in total. The van der Waals surface area contributed by atoms with Crippen LogP contribution >= 0.6 is 0 Å². The van der Waals surface area contributed by atoms with Crippen molar-refractivity contribution in [1.82, 2.24) is 10.6 Å². The number of carbonyl (C=O) groups excluding carboxylic acids is 2. The lowest BCUT2D eigenvalue weighted by Crippen LogP contribution is -2.46. The molecular weight excluding hydrogens is 295 g/mol. The van der Waals surface area contributed by atoms with Crippen LogP contribution in [0, 0.1) is 5.82 Å². The quantitative estimate of drug-likeness (QED) is 0.838. The number of benzene rings is 1. The SMILES string of the molecule is O=C(NCC1(c2ccc(F)cc2)CC1)C(=O)NC1CCCCC1. The second-order valence-electron chi connectivity index (χ2n) is 6.78. The molecule has 0 unspecified atom stereocenters. The van der Waals surface area contributed by atoms with E-state index in [9.17, 15) is 14.0 Å². The smallest absolute Gasteiger partial charge is 0.309 e. The Hall–Kier alpha value is -1.91. The van der Waals surface area contributed by atoms with Crippen molar-refractivity contribution in [2.75, 3.05) is 6.54 Å². The Balaban J connectivity index is 1.50. The van der Waals surface area contributed by atoms with Crippen LogP contribution in [0.25, 0.3) is 0 Å². The van der Waals surface area contributed by atoms with E-state index in [4.69, 9.17) is 0 Å². The Bertz CT molecular complexity index is 575. The van der Waals surface area contributed by atoms with Gasteiger partial charge in [0.25, 0.3) is 0 Å². The van der Waals surface area contributed by atoms with Gasteiger partial charge >= 0.3 is 11.8 Å². The number of nitrogens with one attached hydrogen (secondary N) is 2. The van der Waals surface area contributed by atoms with Crippen molar-refractivity contribution in [3.63, 3.8) is 0 Å². The van der Waals surface area contributed by atoms with Crippen LogP contribution in [0.15, 0.2) is 24.3 Å². The van der Waals surface area contributed by atoms with Crippen molar-refractivity contribution in [1.29, 1.82) is 0 Å². The lowest BCUT2D eigenvalue weighted by atomic mass is 9.95. The van der Waals surface area contributed by atoms with Gasteiger partial charge in [0.1, 0.15) is 5.82 Å². The number of halogens is 1. The van der Waals surface area contributed by atoms with Crippen molar-refractivity contribution >= 4 is 11.8 Å². The molecule has 0 radical (unpaired) electrons. The summed E-state index contributed by atoms with van der Waals surface area (Å²) in [7, 11) is 0. The highest BCUT2D eigenvalue weighted by molar-refractivity contribution is 6.35. The van der Waals surface area contributed by atoms with Crippen LogP contribution in [0.4, 0.5) is 4.39 Å². The van der Waals surface area contributed by atoms with Crippen molar-refractivity contribution < 1.29 is 14.0 Å². The van der Waals surface area contributed by atoms with Crippen LogP contribution in [0.2, 0.25) is 0 Å². The number of hydrogen-bond donors (Lipinski definition) is 2. The Morgan fingerprint density at radius 2 is 1.70 bits per heavy atom. The first-order chi connectivity index (χ1) is 11.1. The molecule has 5 heteroatoms. The highest BCUT2D eigenvalue weighted by atomic mass is 19.1. The molecule has 0 atom stereocenters. The number of carbonyl (C=O) groups is 2. The summed E-state index contributed by atoms with van der Waals surface area (Å²) in [5.74, 6) is -1.36. The first-order valence-corrected chi connectivity index (χ1v) is 8.44. The van der Waals surface area contributed by atoms with Gasteiger partial charge in [0.2, 0.25) is 0 Å². The van der Waals surface area contributed by atoms with Gasteiger partial charge in [-0.1, -0.05) is 31.4 Å². The average molecular weight is 318 g/mol. The van der Waals surface area contributed by atoms with Crippen LogP contribution < -0.4 is 10.6 Å². The Morgan fingerprint density at radius 3 is 2.30 bits per heavy atom. The third-order valence-electron chi connectivity index (χ3n) is 5.04. The minimum absolute atomic E-state index is 0.130. The van der Waals surface area contributed by atoms with Gasteiger partial charge in [-0.15, -0.1) is 0 Å². The van der Waals surface area contributed by atoms with E-state index in [1.165, 1.54) is 18.6 Å². The molecule has 124 valence electrons. The zero-order valence-electron chi connectivity index (χ0n) is 13.2. The highest BCUT2D eigenvalue weighted by Gasteiger charge is 2.44. The van der Waals surface area contributed by atoms with E-state index in [-0.39, 0.29) is 17.3 Å². The van der Waals surface area contributed by atoms with Gasteiger partial charge in [0.05, 0.1) is 0 Å². The van der Waals surface area contributed by atoms with Gasteiger partial charge in [0, 0.05) is 18.0 Å². The molecule has 3 rings (SSSR count). The molecule has 0 aromatic heterocycles. The zero-order valence-corrected chi connectivity index (χ0v) is 13.2. The normalized spacial score (nSPS) is 19.9. The van der Waals surface area contributed by atoms with Crippen molar-refractivity contribution in [2.45, 2.75) is 56.4 Å². The van der Waals surface area contributed by atoms with Gasteiger partial charge < -0.3 is 10.6 Å². The van der Waals surface area contributed by atoms with Crippen LogP contribution in [0.3, 0.4) is 0 Å². The second kappa shape index (κ2) is 6.69. The third kappa shape index (κ3) is 3.89. The molecule has 2 aliphatic carbocycles. The van der Waals surface area contributed by atoms with E-state index in [0.29, 0.717) is 6.54 Å². The molecule has 2 saturated carbocycles. The number of rotatable bonds is 4. The molecule has 0 bridgehead atoms. The zero-order chi connectivity index (χ0) is 16.3. The average Bonchev–Trinajstić information content (AvgIpc) is 3.35. The lowest BCUT2D eigenvalue weighted by molar-refractivity contribution is -0.139. The predicted molar refractivity (Wildman–Crippen MR) is 85.3 cm³/mol. The fourth-order valence-electron chi connectivity index (χ4n) is 3.35. The fraction of sp³-hybridized carbons (Fsp3) is 0.556. The Morgan fingerprint density at radius 1 is 1.04 bits per heavy atom. The largest absolute Gasteiger partial charge is 0.347 e. The molecule has 2 amide bonds. The highest BCUT2D eigenvalue weighted by Crippen LogP contribution is 2.47. The first-order valence-electron chi connectivity index (χ1n) is 8.44. The molecule has 23 heavy (non-hydrogen) atoms. The van der Waals surface area contributed by atoms with Gasteiger partial charge in [-0.3, -0.25) is 9.59 Å². The minimum atomic E-state index is -0.566. The molecule has 0 heterocycles. The van der Waals surface area contributed by atoms with Gasteiger partial charge in [-0.2, -0.15) is 0 Å². The van der Waals surface area contributed by atoms with Crippen molar-refractivity contribution in [3.8, 4) is 0 Å². The van der Waals surface area contributed by atoms with E-state index >= 15 is 0 Å². The summed E-state index contributed by atoms with van der Waals surface area (Å²) in [6.45, 7) is 0.426. The van der Waals surface area contributed by atoms with E-state index in [1.807, 2.05) is 0 Å². The maximum absolute atomic E-state index is 13.0. The lowest BCUT2D eigenvalue weighted by Gasteiger charge is -2.22.